The maximum Gasteiger partial charge on any atom is 0.264 e. The average Bonchev–Trinajstić information content (AvgIpc) is 2.95. The molecule has 132 valence electrons. The molecule has 3 fully saturated rings. The number of ether oxygens (including phenoxy) is 1. The van der Waals surface area contributed by atoms with Gasteiger partial charge in [-0.1, -0.05) is 13.0 Å². The Bertz CT molecular complexity index is 792. The van der Waals surface area contributed by atoms with E-state index in [2.05, 4.69) is 6.92 Å². The van der Waals surface area contributed by atoms with Gasteiger partial charge in [-0.2, -0.15) is 5.06 Å². The van der Waals surface area contributed by atoms with Gasteiger partial charge in [0.05, 0.1) is 31.5 Å². The summed E-state index contributed by atoms with van der Waals surface area (Å²) in [6.07, 6.45) is 2.28. The van der Waals surface area contributed by atoms with E-state index >= 15 is 0 Å². The van der Waals surface area contributed by atoms with Crippen molar-refractivity contribution in [1.82, 2.24) is 0 Å². The van der Waals surface area contributed by atoms with Crippen LogP contribution in [0.1, 0.15) is 31.7 Å². The summed E-state index contributed by atoms with van der Waals surface area (Å²) in [5, 5.41) is 11.2. The monoisotopic (exact) mass is 342 g/mol. The van der Waals surface area contributed by atoms with Gasteiger partial charge in [0.1, 0.15) is 11.2 Å². The number of anilines is 1. The molecule has 0 unspecified atom stereocenters. The van der Waals surface area contributed by atoms with Crippen LogP contribution in [0.15, 0.2) is 23.2 Å². The van der Waals surface area contributed by atoms with Crippen molar-refractivity contribution < 1.29 is 19.5 Å². The Balaban J connectivity index is 1.69. The second-order valence-electron chi connectivity index (χ2n) is 7.53. The Labute approximate surface area is 146 Å². The Morgan fingerprint density at radius 3 is 3.08 bits per heavy atom. The summed E-state index contributed by atoms with van der Waals surface area (Å²) in [6, 6.07) is 5.21. The summed E-state index contributed by atoms with van der Waals surface area (Å²) in [4.78, 5) is 23.8. The Morgan fingerprint density at radius 1 is 1.48 bits per heavy atom. The van der Waals surface area contributed by atoms with E-state index in [1.165, 1.54) is 17.9 Å². The first-order chi connectivity index (χ1) is 12.1. The lowest BCUT2D eigenvalue weighted by Crippen LogP contribution is -2.51. The van der Waals surface area contributed by atoms with Crippen LogP contribution in [0, 0.1) is 11.8 Å². The molecule has 4 heterocycles. The maximum atomic E-state index is 13.4. The second-order valence-corrected chi connectivity index (χ2v) is 7.53. The van der Waals surface area contributed by atoms with Crippen molar-refractivity contribution in [3.05, 3.63) is 23.8 Å². The number of aliphatic imine (C=N–C) groups is 1. The van der Waals surface area contributed by atoms with E-state index in [0.29, 0.717) is 30.6 Å². The molecule has 1 aliphatic carbocycles. The number of fused-ring (bicyclic) bond motifs is 2. The van der Waals surface area contributed by atoms with Crippen molar-refractivity contribution in [3.8, 4) is 5.75 Å². The van der Waals surface area contributed by atoms with Crippen LogP contribution in [-0.4, -0.2) is 42.6 Å². The number of amides is 1. The number of rotatable bonds is 2. The molecule has 1 aromatic rings. The lowest BCUT2D eigenvalue weighted by Gasteiger charge is -2.38. The highest BCUT2D eigenvalue weighted by atomic mass is 16.7. The summed E-state index contributed by atoms with van der Waals surface area (Å²) >= 11 is 0. The topological polar surface area (TPSA) is 71.4 Å². The summed E-state index contributed by atoms with van der Waals surface area (Å²) in [6.45, 7) is 2.83. The van der Waals surface area contributed by atoms with Crippen LogP contribution in [0.5, 0.6) is 5.75 Å². The summed E-state index contributed by atoms with van der Waals surface area (Å²) in [5.41, 5.74) is 2.04. The first kappa shape index (κ1) is 15.3. The zero-order chi connectivity index (χ0) is 17.3. The van der Waals surface area contributed by atoms with Gasteiger partial charge in [-0.15, -0.1) is 0 Å². The minimum absolute atomic E-state index is 0.0953. The molecule has 1 N–H and O–H groups in total. The van der Waals surface area contributed by atoms with Crippen molar-refractivity contribution >= 4 is 17.3 Å². The molecule has 6 rings (SSSR count). The molecular weight excluding hydrogens is 320 g/mol. The van der Waals surface area contributed by atoms with Crippen LogP contribution < -0.4 is 5.06 Å². The van der Waals surface area contributed by atoms with E-state index in [9.17, 15) is 9.90 Å². The highest BCUT2D eigenvalue weighted by Crippen LogP contribution is 2.57. The highest BCUT2D eigenvalue weighted by Gasteiger charge is 2.64. The minimum atomic E-state index is -0.768. The fraction of sp³-hybridized carbons (Fsp3) is 0.579. The van der Waals surface area contributed by atoms with Crippen molar-refractivity contribution in [2.75, 3.05) is 18.8 Å². The fourth-order valence-electron chi connectivity index (χ4n) is 5.50. The summed E-state index contributed by atoms with van der Waals surface area (Å²) in [7, 11) is 1.49. The molecule has 1 amide bonds. The lowest BCUT2D eigenvalue weighted by molar-refractivity contribution is -0.137. The lowest BCUT2D eigenvalue weighted by atomic mass is 9.71. The highest BCUT2D eigenvalue weighted by molar-refractivity contribution is 6.08. The molecule has 6 nitrogen and oxygen atoms in total. The quantitative estimate of drug-likeness (QED) is 0.894. The third kappa shape index (κ3) is 1.76. The molecule has 0 aromatic heterocycles. The minimum Gasteiger partial charge on any atom is -0.508 e. The summed E-state index contributed by atoms with van der Waals surface area (Å²) < 4.78 is 6.22. The van der Waals surface area contributed by atoms with Crippen molar-refractivity contribution in [2.45, 2.75) is 43.7 Å². The van der Waals surface area contributed by atoms with Gasteiger partial charge < -0.3 is 9.84 Å². The van der Waals surface area contributed by atoms with Crippen LogP contribution in [-0.2, 0) is 19.8 Å². The molecular formula is C19H22N2O4. The predicted molar refractivity (Wildman–Crippen MR) is 91.7 cm³/mol. The molecule has 5 atom stereocenters. The third-order valence-corrected chi connectivity index (χ3v) is 6.60. The van der Waals surface area contributed by atoms with E-state index in [1.54, 1.807) is 12.1 Å². The number of carbonyl (C=O) groups is 1. The van der Waals surface area contributed by atoms with Gasteiger partial charge in [-0.3, -0.25) is 14.6 Å². The molecule has 6 heteroatoms. The van der Waals surface area contributed by atoms with Gasteiger partial charge in [-0.25, -0.2) is 0 Å². The molecule has 2 saturated heterocycles. The Hall–Kier alpha value is -1.92. The van der Waals surface area contributed by atoms with Crippen molar-refractivity contribution in [2.24, 2.45) is 16.8 Å². The largest absolute Gasteiger partial charge is 0.508 e. The normalized spacial score (nSPS) is 38.2. The zero-order valence-corrected chi connectivity index (χ0v) is 14.4. The first-order valence-electron chi connectivity index (χ1n) is 9.00. The number of hydrogen-bond acceptors (Lipinski definition) is 5. The molecule has 1 spiro atoms. The van der Waals surface area contributed by atoms with Crippen molar-refractivity contribution in [1.29, 1.82) is 0 Å². The first-order valence-corrected chi connectivity index (χ1v) is 9.00. The fourth-order valence-corrected chi connectivity index (χ4v) is 5.50. The van der Waals surface area contributed by atoms with Crippen LogP contribution >= 0.6 is 0 Å². The second kappa shape index (κ2) is 5.05. The number of nitrogens with zero attached hydrogens (tertiary/aromatic N) is 2. The van der Waals surface area contributed by atoms with Gasteiger partial charge in [0.15, 0.2) is 0 Å². The number of benzene rings is 1. The molecule has 1 saturated carbocycles. The smallest absolute Gasteiger partial charge is 0.264 e. The predicted octanol–water partition coefficient (Wildman–Crippen LogP) is 2.20. The van der Waals surface area contributed by atoms with Gasteiger partial charge >= 0.3 is 0 Å². The number of hydroxylamine groups is 1. The van der Waals surface area contributed by atoms with Gasteiger partial charge in [0.25, 0.3) is 5.91 Å². The van der Waals surface area contributed by atoms with Crippen LogP contribution in [0.25, 0.3) is 0 Å². The van der Waals surface area contributed by atoms with Crippen molar-refractivity contribution in [3.63, 3.8) is 0 Å². The van der Waals surface area contributed by atoms with Crippen LogP contribution in [0.3, 0.4) is 0 Å². The maximum absolute atomic E-state index is 13.4. The van der Waals surface area contributed by atoms with E-state index < -0.39 is 5.41 Å². The van der Waals surface area contributed by atoms with Gasteiger partial charge in [-0.05, 0) is 30.9 Å². The molecule has 25 heavy (non-hydrogen) atoms. The van der Waals surface area contributed by atoms with E-state index in [4.69, 9.17) is 14.6 Å². The van der Waals surface area contributed by atoms with E-state index in [0.717, 1.165) is 18.4 Å². The SMILES string of the molecule is CCC1=N[C@H]2C[C@@]3(C(=O)N(OC)c4cc(O)ccc43)[C@H]3C[C@H]1[C@H]2CO3. The van der Waals surface area contributed by atoms with Gasteiger partial charge in [0.2, 0.25) is 0 Å². The molecule has 5 aliphatic rings. The summed E-state index contributed by atoms with van der Waals surface area (Å²) in [5.74, 6) is 0.841. The average molecular weight is 342 g/mol. The van der Waals surface area contributed by atoms with E-state index in [1.807, 2.05) is 6.07 Å². The number of carbonyl (C=O) groups excluding carboxylic acids is 1. The number of phenols is 1. The number of aromatic hydroxyl groups is 1. The molecule has 1 aromatic carbocycles. The third-order valence-electron chi connectivity index (χ3n) is 6.60. The Kier molecular flexibility index (Phi) is 3.10. The van der Waals surface area contributed by atoms with Crippen LogP contribution in [0.4, 0.5) is 5.69 Å². The number of phenolic OH excluding ortho intramolecular Hbond substituents is 1. The van der Waals surface area contributed by atoms with E-state index in [-0.39, 0.29) is 23.8 Å². The number of hydrogen-bond donors (Lipinski definition) is 1. The standard InChI is InChI=1S/C19H22N2O4/c1-3-14-11-7-17-19(8-15(20-14)12(11)9-25-17)13-5-4-10(22)6-16(13)21(24-2)18(19)23/h4-6,11-12,15,17,22H,3,7-9H2,1-2H3/t11-,12+,15-,17+,19-/m0/s1. The molecule has 0 radical (unpaired) electrons. The molecule has 4 bridgehead atoms. The van der Waals surface area contributed by atoms with Crippen LogP contribution in [0.2, 0.25) is 0 Å². The zero-order valence-electron chi connectivity index (χ0n) is 14.4. The Morgan fingerprint density at radius 2 is 2.32 bits per heavy atom. The van der Waals surface area contributed by atoms with Gasteiger partial charge in [0, 0.05) is 23.6 Å². The molecule has 4 aliphatic heterocycles.